The summed E-state index contributed by atoms with van der Waals surface area (Å²) in [5, 5.41) is 0. The maximum atomic E-state index is 13.1. The normalized spacial score (nSPS) is 10.0. The van der Waals surface area contributed by atoms with Crippen molar-refractivity contribution in [1.82, 2.24) is 0 Å². The number of hydrogen-bond donors (Lipinski definition) is 2. The number of nitrogen functional groups attached to an aromatic ring is 1. The number of carbonyl (C=O) groups is 1. The smallest absolute Gasteiger partial charge is 0.236 e. The zero-order valence-electron chi connectivity index (χ0n) is 8.53. The van der Waals surface area contributed by atoms with Gasteiger partial charge in [-0.15, -0.1) is 0 Å². The van der Waals surface area contributed by atoms with Gasteiger partial charge in [-0.2, -0.15) is 0 Å². The van der Waals surface area contributed by atoms with Gasteiger partial charge in [0.1, 0.15) is 5.82 Å². The van der Waals surface area contributed by atoms with Crippen molar-refractivity contribution in [2.24, 2.45) is 5.73 Å². The molecule has 0 saturated heterocycles. The third-order valence-corrected chi connectivity index (χ3v) is 2.10. The van der Waals surface area contributed by atoms with Crippen LogP contribution in [0.1, 0.15) is 6.92 Å². The number of likely N-dealkylation sites (N-methyl/N-ethyl adjacent to an activating group) is 1. The molecule has 0 aromatic heterocycles. The second kappa shape index (κ2) is 4.63. The second-order valence-electron chi connectivity index (χ2n) is 3.15. The highest BCUT2D eigenvalue weighted by molar-refractivity contribution is 5.81. The Morgan fingerprint density at radius 1 is 1.53 bits per heavy atom. The van der Waals surface area contributed by atoms with Crippen molar-refractivity contribution in [2.75, 3.05) is 23.7 Å². The fourth-order valence-corrected chi connectivity index (χ4v) is 1.36. The molecule has 1 rings (SSSR count). The van der Waals surface area contributed by atoms with E-state index in [4.69, 9.17) is 11.5 Å². The van der Waals surface area contributed by atoms with E-state index in [-0.39, 0.29) is 12.2 Å². The minimum atomic E-state index is -0.490. The second-order valence-corrected chi connectivity index (χ2v) is 3.15. The van der Waals surface area contributed by atoms with E-state index in [1.165, 1.54) is 6.07 Å². The van der Waals surface area contributed by atoms with Crippen LogP contribution in [0.3, 0.4) is 0 Å². The van der Waals surface area contributed by atoms with Crippen LogP contribution in [0.4, 0.5) is 15.8 Å². The van der Waals surface area contributed by atoms with Gasteiger partial charge < -0.3 is 16.4 Å². The van der Waals surface area contributed by atoms with Crippen LogP contribution in [0, 0.1) is 5.82 Å². The number of rotatable bonds is 4. The highest BCUT2D eigenvalue weighted by atomic mass is 19.1. The molecule has 0 spiro atoms. The zero-order chi connectivity index (χ0) is 11.4. The van der Waals surface area contributed by atoms with E-state index in [2.05, 4.69) is 0 Å². The van der Waals surface area contributed by atoms with Crippen LogP contribution in [-0.2, 0) is 4.79 Å². The summed E-state index contributed by atoms with van der Waals surface area (Å²) in [6, 6.07) is 4.48. The van der Waals surface area contributed by atoms with E-state index in [1.807, 2.05) is 6.92 Å². The van der Waals surface area contributed by atoms with E-state index in [1.54, 1.807) is 17.0 Å². The van der Waals surface area contributed by atoms with Crippen molar-refractivity contribution in [1.29, 1.82) is 0 Å². The number of nitrogens with two attached hydrogens (primary N) is 2. The molecule has 0 fully saturated rings. The largest absolute Gasteiger partial charge is 0.395 e. The van der Waals surface area contributed by atoms with Gasteiger partial charge in [0.2, 0.25) is 5.91 Å². The van der Waals surface area contributed by atoms with Crippen LogP contribution in [0.5, 0.6) is 0 Å². The number of hydrogen-bond acceptors (Lipinski definition) is 3. The molecule has 4 nitrogen and oxygen atoms in total. The predicted octanol–water partition coefficient (Wildman–Crippen LogP) is 0.719. The molecule has 0 bridgehead atoms. The molecule has 1 aromatic carbocycles. The van der Waals surface area contributed by atoms with Crippen LogP contribution < -0.4 is 16.4 Å². The maximum Gasteiger partial charge on any atom is 0.236 e. The van der Waals surface area contributed by atoms with Crippen LogP contribution >= 0.6 is 0 Å². The Morgan fingerprint density at radius 3 is 2.73 bits per heavy atom. The molecule has 0 atom stereocenters. The molecule has 0 aliphatic rings. The lowest BCUT2D eigenvalue weighted by Crippen LogP contribution is -2.34. The fourth-order valence-electron chi connectivity index (χ4n) is 1.36. The quantitative estimate of drug-likeness (QED) is 0.721. The predicted molar refractivity (Wildman–Crippen MR) is 57.9 cm³/mol. The number of nitrogens with zero attached hydrogens (tertiary/aromatic N) is 1. The first-order valence-electron chi connectivity index (χ1n) is 4.63. The average Bonchev–Trinajstić information content (AvgIpc) is 2.19. The van der Waals surface area contributed by atoms with Crippen molar-refractivity contribution < 1.29 is 9.18 Å². The first-order valence-corrected chi connectivity index (χ1v) is 4.63. The topological polar surface area (TPSA) is 72.3 Å². The lowest BCUT2D eigenvalue weighted by Gasteiger charge is -2.22. The third-order valence-electron chi connectivity index (χ3n) is 2.10. The standard InChI is InChI=1S/C10H14FN3O/c1-2-14(6-9(12)15)8-5-3-4-7(11)10(8)13/h3-5H,2,6,13H2,1H3,(H2,12,15). The van der Waals surface area contributed by atoms with E-state index in [0.717, 1.165) is 0 Å². The van der Waals surface area contributed by atoms with E-state index >= 15 is 0 Å². The molecule has 0 radical (unpaired) electrons. The number of benzene rings is 1. The van der Waals surface area contributed by atoms with Gasteiger partial charge >= 0.3 is 0 Å². The summed E-state index contributed by atoms with van der Waals surface area (Å²) in [7, 11) is 0. The molecule has 0 aliphatic heterocycles. The molecule has 82 valence electrons. The van der Waals surface area contributed by atoms with Gasteiger partial charge in [0, 0.05) is 6.54 Å². The number of anilines is 2. The van der Waals surface area contributed by atoms with Crippen molar-refractivity contribution in [3.63, 3.8) is 0 Å². The van der Waals surface area contributed by atoms with Crippen LogP contribution in [0.2, 0.25) is 0 Å². The van der Waals surface area contributed by atoms with Gasteiger partial charge in [-0.25, -0.2) is 4.39 Å². The Bertz CT molecular complexity index is 368. The Balaban J connectivity index is 3.01. The fraction of sp³-hybridized carbons (Fsp3) is 0.300. The molecule has 1 aromatic rings. The van der Waals surface area contributed by atoms with Crippen molar-refractivity contribution in [2.45, 2.75) is 6.92 Å². The number of carbonyl (C=O) groups excluding carboxylic acids is 1. The molecular weight excluding hydrogens is 197 g/mol. The van der Waals surface area contributed by atoms with E-state index in [0.29, 0.717) is 12.2 Å². The third kappa shape index (κ3) is 2.59. The molecule has 0 saturated carbocycles. The lowest BCUT2D eigenvalue weighted by atomic mass is 10.2. The van der Waals surface area contributed by atoms with Gasteiger partial charge in [0.15, 0.2) is 0 Å². The molecule has 4 N–H and O–H groups in total. The lowest BCUT2D eigenvalue weighted by molar-refractivity contribution is -0.116. The number of amides is 1. The minimum absolute atomic E-state index is 0.0319. The van der Waals surface area contributed by atoms with Crippen LogP contribution in [0.25, 0.3) is 0 Å². The number of para-hydroxylation sites is 1. The maximum absolute atomic E-state index is 13.1. The summed E-state index contributed by atoms with van der Waals surface area (Å²) in [5.41, 5.74) is 11.2. The molecule has 0 heterocycles. The van der Waals surface area contributed by atoms with Gasteiger partial charge in [-0.05, 0) is 19.1 Å². The molecule has 0 aliphatic carbocycles. The summed E-state index contributed by atoms with van der Waals surface area (Å²) < 4.78 is 13.1. The summed E-state index contributed by atoms with van der Waals surface area (Å²) >= 11 is 0. The number of halogens is 1. The van der Waals surface area contributed by atoms with Crippen LogP contribution in [0.15, 0.2) is 18.2 Å². The van der Waals surface area contributed by atoms with Crippen LogP contribution in [-0.4, -0.2) is 19.0 Å². The monoisotopic (exact) mass is 211 g/mol. The SMILES string of the molecule is CCN(CC(N)=O)c1cccc(F)c1N. The summed E-state index contributed by atoms with van der Waals surface area (Å²) in [6.45, 7) is 2.41. The van der Waals surface area contributed by atoms with Gasteiger partial charge in [-0.1, -0.05) is 6.07 Å². The average molecular weight is 211 g/mol. The summed E-state index contributed by atoms with van der Waals surface area (Å²) in [6.07, 6.45) is 0. The molecular formula is C10H14FN3O. The Morgan fingerprint density at radius 2 is 2.20 bits per heavy atom. The van der Waals surface area contributed by atoms with Crippen molar-refractivity contribution in [3.05, 3.63) is 24.0 Å². The van der Waals surface area contributed by atoms with Gasteiger partial charge in [0.05, 0.1) is 17.9 Å². The molecule has 15 heavy (non-hydrogen) atoms. The van der Waals surface area contributed by atoms with E-state index < -0.39 is 11.7 Å². The first-order chi connectivity index (χ1) is 7.06. The highest BCUT2D eigenvalue weighted by Crippen LogP contribution is 2.24. The highest BCUT2D eigenvalue weighted by Gasteiger charge is 2.12. The summed E-state index contributed by atoms with van der Waals surface area (Å²) in [4.78, 5) is 12.4. The molecule has 1 amide bonds. The van der Waals surface area contributed by atoms with Crippen molar-refractivity contribution >= 4 is 17.3 Å². The number of primary amides is 1. The Hall–Kier alpha value is -1.78. The van der Waals surface area contributed by atoms with Gasteiger partial charge in [-0.3, -0.25) is 4.79 Å². The minimum Gasteiger partial charge on any atom is -0.395 e. The first kappa shape index (κ1) is 11.3. The van der Waals surface area contributed by atoms with Crippen molar-refractivity contribution in [3.8, 4) is 0 Å². The molecule has 0 unspecified atom stereocenters. The van der Waals surface area contributed by atoms with Gasteiger partial charge in [0.25, 0.3) is 0 Å². The molecule has 5 heteroatoms. The van der Waals surface area contributed by atoms with E-state index in [9.17, 15) is 9.18 Å². The Kier molecular flexibility index (Phi) is 3.49. The Labute approximate surface area is 87.7 Å². The zero-order valence-corrected chi connectivity index (χ0v) is 8.53. The summed E-state index contributed by atoms with van der Waals surface area (Å²) in [5.74, 6) is -0.962.